The van der Waals surface area contributed by atoms with Gasteiger partial charge in [0.1, 0.15) is 5.69 Å². The summed E-state index contributed by atoms with van der Waals surface area (Å²) in [5.74, 6) is -0.0708. The monoisotopic (exact) mass is 372 g/mol. The maximum absolute atomic E-state index is 12.5. The van der Waals surface area contributed by atoms with Crippen LogP contribution in [-0.2, 0) is 0 Å². The fourth-order valence-electron chi connectivity index (χ4n) is 2.16. The van der Waals surface area contributed by atoms with E-state index in [0.717, 1.165) is 5.56 Å². The molecule has 0 aliphatic rings. The average Bonchev–Trinajstić information content (AvgIpc) is 2.61. The fourth-order valence-corrected chi connectivity index (χ4v) is 2.52. The van der Waals surface area contributed by atoms with Crippen LogP contribution in [0.1, 0.15) is 16.1 Å². The number of para-hydroxylation sites is 1. The van der Waals surface area contributed by atoms with Crippen molar-refractivity contribution < 1.29 is 4.79 Å². The van der Waals surface area contributed by atoms with E-state index in [4.69, 9.17) is 23.2 Å². The predicted octanol–water partition coefficient (Wildman–Crippen LogP) is 5.09. The first kappa shape index (κ1) is 17.2. The van der Waals surface area contributed by atoms with Crippen LogP contribution in [-0.4, -0.2) is 15.9 Å². The SMILES string of the molecule is Cc1c(Cl)cccc1NC(=O)c1ccnc(Nc2ccccc2Cl)n1. The quantitative estimate of drug-likeness (QED) is 0.669. The molecule has 0 unspecified atom stereocenters. The summed E-state index contributed by atoms with van der Waals surface area (Å²) in [7, 11) is 0. The van der Waals surface area contributed by atoms with Gasteiger partial charge in [-0.15, -0.1) is 0 Å². The predicted molar refractivity (Wildman–Crippen MR) is 101 cm³/mol. The zero-order valence-electron chi connectivity index (χ0n) is 13.3. The lowest BCUT2D eigenvalue weighted by Crippen LogP contribution is -2.15. The number of benzene rings is 2. The van der Waals surface area contributed by atoms with E-state index >= 15 is 0 Å². The largest absolute Gasteiger partial charge is 0.323 e. The molecule has 2 N–H and O–H groups in total. The molecule has 3 rings (SSSR count). The van der Waals surface area contributed by atoms with Crippen LogP contribution in [0.3, 0.4) is 0 Å². The molecule has 0 saturated carbocycles. The average molecular weight is 373 g/mol. The van der Waals surface area contributed by atoms with Crippen molar-refractivity contribution in [3.05, 3.63) is 76.0 Å². The van der Waals surface area contributed by atoms with Gasteiger partial charge in [0.15, 0.2) is 0 Å². The van der Waals surface area contributed by atoms with Gasteiger partial charge in [0.2, 0.25) is 5.95 Å². The standard InChI is InChI=1S/C18H14Cl2N4O/c1-11-12(19)6-4-8-14(11)22-17(25)16-9-10-21-18(24-16)23-15-7-3-2-5-13(15)20/h2-10H,1H3,(H,22,25)(H,21,23,24). The Kier molecular flexibility index (Phi) is 5.16. The van der Waals surface area contributed by atoms with E-state index in [1.165, 1.54) is 12.3 Å². The maximum atomic E-state index is 12.5. The number of carbonyl (C=O) groups excluding carboxylic acids is 1. The number of rotatable bonds is 4. The Bertz CT molecular complexity index is 930. The molecule has 1 aromatic heterocycles. The number of anilines is 3. The minimum atomic E-state index is -0.352. The van der Waals surface area contributed by atoms with Gasteiger partial charge in [0.25, 0.3) is 5.91 Å². The summed E-state index contributed by atoms with van der Waals surface area (Å²) in [5, 5.41) is 6.92. The van der Waals surface area contributed by atoms with Crippen molar-refractivity contribution in [1.82, 2.24) is 9.97 Å². The third-order valence-electron chi connectivity index (χ3n) is 3.52. The molecule has 0 spiro atoms. The second-order valence-electron chi connectivity index (χ2n) is 5.24. The number of nitrogens with zero attached hydrogens (tertiary/aromatic N) is 2. The number of carbonyl (C=O) groups is 1. The molecule has 0 radical (unpaired) electrons. The van der Waals surface area contributed by atoms with Crippen LogP contribution in [0.5, 0.6) is 0 Å². The Morgan fingerprint density at radius 1 is 0.960 bits per heavy atom. The molecule has 0 bridgehead atoms. The van der Waals surface area contributed by atoms with Gasteiger partial charge >= 0.3 is 0 Å². The lowest BCUT2D eigenvalue weighted by Gasteiger charge is -2.10. The molecule has 1 amide bonds. The van der Waals surface area contributed by atoms with Crippen molar-refractivity contribution >= 4 is 46.4 Å². The molecule has 0 aliphatic carbocycles. The maximum Gasteiger partial charge on any atom is 0.274 e. The van der Waals surface area contributed by atoms with Crippen LogP contribution in [0, 0.1) is 6.92 Å². The molecule has 0 saturated heterocycles. The Morgan fingerprint density at radius 2 is 1.68 bits per heavy atom. The Labute approximate surface area is 155 Å². The Morgan fingerprint density at radius 3 is 2.48 bits per heavy atom. The van der Waals surface area contributed by atoms with Crippen molar-refractivity contribution in [3.63, 3.8) is 0 Å². The van der Waals surface area contributed by atoms with E-state index in [2.05, 4.69) is 20.6 Å². The first-order valence-electron chi connectivity index (χ1n) is 7.45. The molecule has 5 nitrogen and oxygen atoms in total. The lowest BCUT2D eigenvalue weighted by atomic mass is 10.2. The number of nitrogens with one attached hydrogen (secondary N) is 2. The summed E-state index contributed by atoms with van der Waals surface area (Å²) in [4.78, 5) is 20.8. The van der Waals surface area contributed by atoms with Crippen molar-refractivity contribution in [2.45, 2.75) is 6.92 Å². The van der Waals surface area contributed by atoms with E-state index in [-0.39, 0.29) is 17.5 Å². The number of aromatic nitrogens is 2. The zero-order valence-corrected chi connectivity index (χ0v) is 14.8. The van der Waals surface area contributed by atoms with Gasteiger partial charge in [-0.1, -0.05) is 41.4 Å². The van der Waals surface area contributed by atoms with E-state index in [1.807, 2.05) is 19.1 Å². The van der Waals surface area contributed by atoms with Crippen molar-refractivity contribution in [1.29, 1.82) is 0 Å². The van der Waals surface area contributed by atoms with Crippen LogP contribution in [0.2, 0.25) is 10.0 Å². The smallest absolute Gasteiger partial charge is 0.274 e. The Balaban J connectivity index is 1.80. The number of amides is 1. The Hall–Kier alpha value is -2.63. The molecule has 126 valence electrons. The van der Waals surface area contributed by atoms with E-state index in [9.17, 15) is 4.79 Å². The highest BCUT2D eigenvalue weighted by Crippen LogP contribution is 2.24. The number of halogens is 2. The molecule has 0 fully saturated rings. The highest BCUT2D eigenvalue weighted by Gasteiger charge is 2.12. The summed E-state index contributed by atoms with van der Waals surface area (Å²) in [6, 6.07) is 14.1. The van der Waals surface area contributed by atoms with Crippen molar-refractivity contribution in [2.24, 2.45) is 0 Å². The van der Waals surface area contributed by atoms with Crippen LogP contribution in [0.15, 0.2) is 54.7 Å². The van der Waals surface area contributed by atoms with Gasteiger partial charge in [-0.05, 0) is 42.8 Å². The molecule has 0 atom stereocenters. The van der Waals surface area contributed by atoms with Crippen LogP contribution in [0.4, 0.5) is 17.3 Å². The summed E-state index contributed by atoms with van der Waals surface area (Å²) in [6.07, 6.45) is 1.51. The molecule has 0 aliphatic heterocycles. The first-order chi connectivity index (χ1) is 12.0. The molecule has 7 heteroatoms. The normalized spacial score (nSPS) is 10.4. The second-order valence-corrected chi connectivity index (χ2v) is 6.05. The molecule has 25 heavy (non-hydrogen) atoms. The first-order valence-corrected chi connectivity index (χ1v) is 8.21. The van der Waals surface area contributed by atoms with Crippen LogP contribution in [0.25, 0.3) is 0 Å². The van der Waals surface area contributed by atoms with Gasteiger partial charge in [-0.25, -0.2) is 9.97 Å². The number of hydrogen-bond donors (Lipinski definition) is 2. The third kappa shape index (κ3) is 4.07. The second kappa shape index (κ2) is 7.51. The summed E-state index contributed by atoms with van der Waals surface area (Å²) in [5.41, 5.74) is 2.31. The molecular weight excluding hydrogens is 359 g/mol. The van der Waals surface area contributed by atoms with Gasteiger partial charge in [0, 0.05) is 16.9 Å². The molecular formula is C18H14Cl2N4O. The van der Waals surface area contributed by atoms with Crippen LogP contribution < -0.4 is 10.6 Å². The van der Waals surface area contributed by atoms with Crippen molar-refractivity contribution in [2.75, 3.05) is 10.6 Å². The summed E-state index contributed by atoms with van der Waals surface area (Å²) in [6.45, 7) is 1.84. The fraction of sp³-hybridized carbons (Fsp3) is 0.0556. The summed E-state index contributed by atoms with van der Waals surface area (Å²) >= 11 is 12.2. The molecule has 2 aromatic carbocycles. The third-order valence-corrected chi connectivity index (χ3v) is 4.26. The lowest BCUT2D eigenvalue weighted by molar-refractivity contribution is 0.102. The molecule has 1 heterocycles. The minimum absolute atomic E-state index is 0.226. The topological polar surface area (TPSA) is 66.9 Å². The zero-order chi connectivity index (χ0) is 17.8. The van der Waals surface area contributed by atoms with Gasteiger partial charge in [0.05, 0.1) is 10.7 Å². The summed E-state index contributed by atoms with van der Waals surface area (Å²) < 4.78 is 0. The van der Waals surface area contributed by atoms with Crippen molar-refractivity contribution in [3.8, 4) is 0 Å². The van der Waals surface area contributed by atoms with E-state index in [1.54, 1.807) is 30.3 Å². The van der Waals surface area contributed by atoms with Gasteiger partial charge in [-0.3, -0.25) is 4.79 Å². The van der Waals surface area contributed by atoms with Crippen LogP contribution >= 0.6 is 23.2 Å². The van der Waals surface area contributed by atoms with E-state index < -0.39 is 0 Å². The van der Waals surface area contributed by atoms with E-state index in [0.29, 0.717) is 21.4 Å². The van der Waals surface area contributed by atoms with Gasteiger partial charge in [-0.2, -0.15) is 0 Å². The van der Waals surface area contributed by atoms with Gasteiger partial charge < -0.3 is 10.6 Å². The molecule has 3 aromatic rings. The number of hydrogen-bond acceptors (Lipinski definition) is 4. The minimum Gasteiger partial charge on any atom is -0.323 e. The highest BCUT2D eigenvalue weighted by atomic mass is 35.5. The highest BCUT2D eigenvalue weighted by molar-refractivity contribution is 6.33.